The molecule has 0 fully saturated rings. The number of aromatic nitrogens is 2. The molecule has 23 heavy (non-hydrogen) atoms. The molecule has 118 valence electrons. The highest BCUT2D eigenvalue weighted by Crippen LogP contribution is 2.29. The molecule has 0 atom stereocenters. The Labute approximate surface area is 136 Å². The molecule has 3 rings (SSSR count). The first-order chi connectivity index (χ1) is 10.9. The van der Waals surface area contributed by atoms with E-state index in [4.69, 9.17) is 0 Å². The molecule has 0 radical (unpaired) electrons. The molecule has 3 aromatic rings. The maximum Gasteiger partial charge on any atom is 0.244 e. The van der Waals surface area contributed by atoms with E-state index in [-0.39, 0.29) is 17.9 Å². The first-order valence-corrected chi connectivity index (χ1v) is 7.74. The number of nitrogens with one attached hydrogen (secondary N) is 1. The van der Waals surface area contributed by atoms with Gasteiger partial charge in [0, 0.05) is 5.69 Å². The fourth-order valence-electron chi connectivity index (χ4n) is 2.73. The van der Waals surface area contributed by atoms with E-state index in [0.29, 0.717) is 0 Å². The molecule has 0 aliphatic carbocycles. The average Bonchev–Trinajstić information content (AvgIpc) is 2.90. The summed E-state index contributed by atoms with van der Waals surface area (Å²) in [6, 6.07) is 15.8. The van der Waals surface area contributed by atoms with Crippen LogP contribution in [0, 0.1) is 0 Å². The number of nitrogens with zero attached hydrogens (tertiary/aromatic N) is 2. The van der Waals surface area contributed by atoms with Crippen LogP contribution in [0.15, 0.2) is 54.9 Å². The standard InChI is InChI=1S/C19H21N3O/c1-19(2,3)14-8-4-5-9-15(14)21-18(23)12-22-13-20-16-10-6-7-11-17(16)22/h4-11,13H,12H2,1-3H3,(H,21,23). The van der Waals surface area contributed by atoms with Gasteiger partial charge in [-0.1, -0.05) is 51.1 Å². The lowest BCUT2D eigenvalue weighted by Gasteiger charge is -2.23. The molecule has 0 saturated heterocycles. The number of amides is 1. The molecule has 1 heterocycles. The fraction of sp³-hybridized carbons (Fsp3) is 0.263. The quantitative estimate of drug-likeness (QED) is 0.796. The van der Waals surface area contributed by atoms with Gasteiger partial charge in [0.05, 0.1) is 17.4 Å². The largest absolute Gasteiger partial charge is 0.324 e. The van der Waals surface area contributed by atoms with Crippen molar-refractivity contribution >= 4 is 22.6 Å². The van der Waals surface area contributed by atoms with E-state index in [1.807, 2.05) is 47.0 Å². The Balaban J connectivity index is 1.81. The highest BCUT2D eigenvalue weighted by Gasteiger charge is 2.18. The number of carbonyl (C=O) groups excluding carboxylic acids is 1. The molecule has 1 N–H and O–H groups in total. The minimum absolute atomic E-state index is 0.0222. The van der Waals surface area contributed by atoms with E-state index in [1.54, 1.807) is 6.33 Å². The van der Waals surface area contributed by atoms with Gasteiger partial charge >= 0.3 is 0 Å². The van der Waals surface area contributed by atoms with Crippen LogP contribution in [-0.2, 0) is 16.8 Å². The van der Waals surface area contributed by atoms with E-state index in [2.05, 4.69) is 37.1 Å². The van der Waals surface area contributed by atoms with Crippen molar-refractivity contribution in [2.24, 2.45) is 0 Å². The zero-order valence-electron chi connectivity index (χ0n) is 13.7. The molecular weight excluding hydrogens is 286 g/mol. The van der Waals surface area contributed by atoms with Crippen molar-refractivity contribution in [3.63, 3.8) is 0 Å². The molecule has 0 spiro atoms. The van der Waals surface area contributed by atoms with Crippen molar-refractivity contribution in [3.8, 4) is 0 Å². The maximum atomic E-state index is 12.4. The monoisotopic (exact) mass is 307 g/mol. The number of hydrogen-bond donors (Lipinski definition) is 1. The first-order valence-electron chi connectivity index (χ1n) is 7.74. The lowest BCUT2D eigenvalue weighted by Crippen LogP contribution is -2.21. The molecule has 0 unspecified atom stereocenters. The van der Waals surface area contributed by atoms with Gasteiger partial charge in [0.25, 0.3) is 0 Å². The number of hydrogen-bond acceptors (Lipinski definition) is 2. The summed E-state index contributed by atoms with van der Waals surface area (Å²) < 4.78 is 1.87. The smallest absolute Gasteiger partial charge is 0.244 e. The van der Waals surface area contributed by atoms with Crippen LogP contribution in [0.1, 0.15) is 26.3 Å². The van der Waals surface area contributed by atoms with Gasteiger partial charge < -0.3 is 9.88 Å². The Morgan fingerprint density at radius 1 is 1.09 bits per heavy atom. The van der Waals surface area contributed by atoms with Gasteiger partial charge in [-0.3, -0.25) is 4.79 Å². The molecule has 0 aliphatic heterocycles. The summed E-state index contributed by atoms with van der Waals surface area (Å²) in [5.41, 5.74) is 3.84. The van der Waals surface area contributed by atoms with Crippen molar-refractivity contribution in [1.82, 2.24) is 9.55 Å². The van der Waals surface area contributed by atoms with E-state index < -0.39 is 0 Å². The molecule has 1 amide bonds. The number of carbonyl (C=O) groups is 1. The minimum atomic E-state index is -0.0511. The van der Waals surface area contributed by atoms with Crippen LogP contribution >= 0.6 is 0 Å². The van der Waals surface area contributed by atoms with E-state index in [0.717, 1.165) is 22.3 Å². The Bertz CT molecular complexity index is 843. The van der Waals surface area contributed by atoms with Crippen molar-refractivity contribution in [2.45, 2.75) is 32.7 Å². The lowest BCUT2D eigenvalue weighted by atomic mass is 9.86. The molecule has 0 bridgehead atoms. The zero-order chi connectivity index (χ0) is 16.4. The predicted octanol–water partition coefficient (Wildman–Crippen LogP) is 3.97. The SMILES string of the molecule is CC(C)(C)c1ccccc1NC(=O)Cn1cnc2ccccc21. The second-order valence-electron chi connectivity index (χ2n) is 6.70. The predicted molar refractivity (Wildman–Crippen MR) is 93.5 cm³/mol. The Kier molecular flexibility index (Phi) is 3.90. The molecule has 1 aromatic heterocycles. The third-order valence-electron chi connectivity index (χ3n) is 3.85. The molecule has 0 saturated carbocycles. The number of benzene rings is 2. The number of fused-ring (bicyclic) bond motifs is 1. The van der Waals surface area contributed by atoms with E-state index in [9.17, 15) is 4.79 Å². The normalized spacial score (nSPS) is 11.6. The van der Waals surface area contributed by atoms with Gasteiger partial charge in [-0.25, -0.2) is 4.98 Å². The van der Waals surface area contributed by atoms with Crippen LogP contribution in [0.5, 0.6) is 0 Å². The number of para-hydroxylation sites is 3. The van der Waals surface area contributed by atoms with Gasteiger partial charge in [0.2, 0.25) is 5.91 Å². The third kappa shape index (κ3) is 3.26. The number of anilines is 1. The lowest BCUT2D eigenvalue weighted by molar-refractivity contribution is -0.116. The van der Waals surface area contributed by atoms with Crippen molar-refractivity contribution < 1.29 is 4.79 Å². The minimum Gasteiger partial charge on any atom is -0.324 e. The van der Waals surface area contributed by atoms with Gasteiger partial charge in [0.1, 0.15) is 6.54 Å². The van der Waals surface area contributed by atoms with Crippen LogP contribution in [0.2, 0.25) is 0 Å². The van der Waals surface area contributed by atoms with Crippen LogP contribution < -0.4 is 5.32 Å². The van der Waals surface area contributed by atoms with Crippen molar-refractivity contribution in [1.29, 1.82) is 0 Å². The summed E-state index contributed by atoms with van der Waals surface area (Å²) in [5, 5.41) is 3.03. The average molecular weight is 307 g/mol. The second-order valence-corrected chi connectivity index (χ2v) is 6.70. The Morgan fingerprint density at radius 3 is 2.57 bits per heavy atom. The number of imidazole rings is 1. The Hall–Kier alpha value is -2.62. The summed E-state index contributed by atoms with van der Waals surface area (Å²) >= 11 is 0. The third-order valence-corrected chi connectivity index (χ3v) is 3.85. The highest BCUT2D eigenvalue weighted by molar-refractivity contribution is 5.92. The van der Waals surface area contributed by atoms with Crippen molar-refractivity contribution in [3.05, 3.63) is 60.4 Å². The van der Waals surface area contributed by atoms with Gasteiger partial charge in [-0.15, -0.1) is 0 Å². The molecular formula is C19H21N3O. The zero-order valence-corrected chi connectivity index (χ0v) is 13.7. The van der Waals surface area contributed by atoms with Gasteiger partial charge in [-0.05, 0) is 29.2 Å². The second kappa shape index (κ2) is 5.88. The summed E-state index contributed by atoms with van der Waals surface area (Å²) in [7, 11) is 0. The number of rotatable bonds is 3. The summed E-state index contributed by atoms with van der Waals surface area (Å²) in [6.07, 6.45) is 1.71. The first kappa shape index (κ1) is 15.3. The summed E-state index contributed by atoms with van der Waals surface area (Å²) in [6.45, 7) is 6.67. The molecule has 0 aliphatic rings. The topological polar surface area (TPSA) is 46.9 Å². The maximum absolute atomic E-state index is 12.4. The van der Waals surface area contributed by atoms with E-state index in [1.165, 1.54) is 0 Å². The van der Waals surface area contributed by atoms with Crippen molar-refractivity contribution in [2.75, 3.05) is 5.32 Å². The highest BCUT2D eigenvalue weighted by atomic mass is 16.1. The van der Waals surface area contributed by atoms with Crippen LogP contribution in [-0.4, -0.2) is 15.5 Å². The molecule has 2 aromatic carbocycles. The summed E-state index contributed by atoms with van der Waals surface area (Å²) in [4.78, 5) is 16.8. The Morgan fingerprint density at radius 2 is 1.78 bits per heavy atom. The molecule has 4 heteroatoms. The van der Waals surface area contributed by atoms with Crippen LogP contribution in [0.3, 0.4) is 0 Å². The molecule has 4 nitrogen and oxygen atoms in total. The van der Waals surface area contributed by atoms with Crippen LogP contribution in [0.4, 0.5) is 5.69 Å². The van der Waals surface area contributed by atoms with Gasteiger partial charge in [-0.2, -0.15) is 0 Å². The van der Waals surface area contributed by atoms with Crippen LogP contribution in [0.25, 0.3) is 11.0 Å². The summed E-state index contributed by atoms with van der Waals surface area (Å²) in [5.74, 6) is -0.0511. The van der Waals surface area contributed by atoms with Gasteiger partial charge in [0.15, 0.2) is 0 Å². The van der Waals surface area contributed by atoms with E-state index >= 15 is 0 Å². The fourth-order valence-corrected chi connectivity index (χ4v) is 2.73.